The summed E-state index contributed by atoms with van der Waals surface area (Å²) in [4.78, 5) is 42.1. The number of halogens is 2. The van der Waals surface area contributed by atoms with Gasteiger partial charge in [0.1, 0.15) is 17.6 Å². The van der Waals surface area contributed by atoms with E-state index in [2.05, 4.69) is 15.9 Å². The maximum absolute atomic E-state index is 13.5. The third-order valence-electron chi connectivity index (χ3n) is 5.45. The van der Waals surface area contributed by atoms with Gasteiger partial charge in [-0.1, -0.05) is 28.1 Å². The zero-order chi connectivity index (χ0) is 23.5. The zero-order valence-electron chi connectivity index (χ0n) is 17.7. The highest BCUT2D eigenvalue weighted by molar-refractivity contribution is 9.10. The first-order chi connectivity index (χ1) is 15.9. The monoisotopic (exact) mass is 510 g/mol. The Balaban J connectivity index is 1.67. The molecule has 1 unspecified atom stereocenters. The summed E-state index contributed by atoms with van der Waals surface area (Å²) in [6.45, 7) is 0.0446. The fourth-order valence-electron chi connectivity index (χ4n) is 3.73. The molecule has 1 saturated heterocycles. The molecule has 3 aromatic carbocycles. The Morgan fingerprint density at radius 2 is 1.67 bits per heavy atom. The van der Waals surface area contributed by atoms with E-state index in [4.69, 9.17) is 4.74 Å². The second-order valence-electron chi connectivity index (χ2n) is 7.55. The molecule has 1 heterocycles. The number of hydrogen-bond donors (Lipinski definition) is 0. The normalized spacial score (nSPS) is 15.6. The second-order valence-corrected chi connectivity index (χ2v) is 8.47. The largest absolute Gasteiger partial charge is 0.497 e. The number of hydrogen-bond acceptors (Lipinski definition) is 4. The zero-order valence-corrected chi connectivity index (χ0v) is 19.3. The lowest BCUT2D eigenvalue weighted by Gasteiger charge is -2.28. The molecule has 4 rings (SSSR count). The molecule has 1 aliphatic rings. The Bertz CT molecular complexity index is 1180. The van der Waals surface area contributed by atoms with Gasteiger partial charge in [-0.25, -0.2) is 9.29 Å². The van der Waals surface area contributed by atoms with Crippen molar-refractivity contribution in [2.24, 2.45) is 0 Å². The van der Waals surface area contributed by atoms with Crippen LogP contribution in [0.15, 0.2) is 77.3 Å². The van der Waals surface area contributed by atoms with Crippen LogP contribution < -0.4 is 9.64 Å². The summed E-state index contributed by atoms with van der Waals surface area (Å²) in [5, 5.41) is 0. The number of rotatable bonds is 6. The smallest absolute Gasteiger partial charge is 0.257 e. The predicted octanol–water partition coefficient (Wildman–Crippen LogP) is 4.57. The van der Waals surface area contributed by atoms with Crippen LogP contribution in [0.1, 0.15) is 22.3 Å². The van der Waals surface area contributed by atoms with Crippen LogP contribution in [-0.4, -0.2) is 35.8 Å². The van der Waals surface area contributed by atoms with E-state index in [1.54, 1.807) is 60.7 Å². The molecule has 168 valence electrons. The van der Waals surface area contributed by atoms with Gasteiger partial charge < -0.3 is 9.64 Å². The molecule has 0 aromatic heterocycles. The summed E-state index contributed by atoms with van der Waals surface area (Å²) in [7, 11) is 1.52. The van der Waals surface area contributed by atoms with Gasteiger partial charge >= 0.3 is 0 Å². The Hall–Kier alpha value is -3.52. The first-order valence-electron chi connectivity index (χ1n) is 10.2. The molecule has 1 fully saturated rings. The molecule has 1 atom stereocenters. The van der Waals surface area contributed by atoms with Gasteiger partial charge in [0.05, 0.1) is 19.2 Å². The van der Waals surface area contributed by atoms with Gasteiger partial charge in [0.2, 0.25) is 5.91 Å². The highest BCUT2D eigenvalue weighted by atomic mass is 79.9. The number of anilines is 1. The van der Waals surface area contributed by atoms with E-state index in [9.17, 15) is 18.8 Å². The van der Waals surface area contributed by atoms with E-state index < -0.39 is 23.7 Å². The number of nitrogens with zero attached hydrogens (tertiary/aromatic N) is 2. The van der Waals surface area contributed by atoms with Gasteiger partial charge in [0.25, 0.3) is 11.8 Å². The molecule has 0 bridgehead atoms. The minimum absolute atomic E-state index is 0.0446. The summed E-state index contributed by atoms with van der Waals surface area (Å²) < 4.78 is 19.4. The Morgan fingerprint density at radius 1 is 1.03 bits per heavy atom. The van der Waals surface area contributed by atoms with Crippen molar-refractivity contribution in [2.75, 3.05) is 12.0 Å². The van der Waals surface area contributed by atoms with Crippen LogP contribution in [-0.2, 0) is 16.1 Å². The second kappa shape index (κ2) is 9.54. The van der Waals surface area contributed by atoms with Crippen LogP contribution in [0.3, 0.4) is 0 Å². The van der Waals surface area contributed by atoms with Crippen molar-refractivity contribution in [1.82, 2.24) is 4.90 Å². The highest BCUT2D eigenvalue weighted by Gasteiger charge is 2.44. The molecule has 0 radical (unpaired) electrons. The molecule has 0 saturated carbocycles. The molecular weight excluding hydrogens is 491 g/mol. The minimum Gasteiger partial charge on any atom is -0.497 e. The van der Waals surface area contributed by atoms with Gasteiger partial charge in [-0.3, -0.25) is 14.4 Å². The molecule has 6 nitrogen and oxygen atoms in total. The highest BCUT2D eigenvalue weighted by Crippen LogP contribution is 2.29. The molecule has 0 spiro atoms. The first kappa shape index (κ1) is 22.7. The average molecular weight is 511 g/mol. The summed E-state index contributed by atoms with van der Waals surface area (Å²) in [6, 6.07) is 18.0. The number of ether oxygens (including phenoxy) is 1. The van der Waals surface area contributed by atoms with E-state index in [0.29, 0.717) is 22.6 Å². The fraction of sp³-hybridized carbons (Fsp3) is 0.160. The molecular formula is C25H20BrFN2O4. The van der Waals surface area contributed by atoms with Crippen LogP contribution in [0, 0.1) is 5.82 Å². The fourth-order valence-corrected chi connectivity index (χ4v) is 3.99. The van der Waals surface area contributed by atoms with Crippen molar-refractivity contribution < 1.29 is 23.5 Å². The summed E-state index contributed by atoms with van der Waals surface area (Å²) in [5.74, 6) is -1.10. The Labute approximate surface area is 198 Å². The van der Waals surface area contributed by atoms with Crippen molar-refractivity contribution in [3.63, 3.8) is 0 Å². The van der Waals surface area contributed by atoms with Gasteiger partial charge in [-0.2, -0.15) is 0 Å². The van der Waals surface area contributed by atoms with Gasteiger partial charge in [-0.05, 0) is 66.2 Å². The quantitative estimate of drug-likeness (QED) is 0.455. The van der Waals surface area contributed by atoms with Gasteiger partial charge in [0, 0.05) is 16.6 Å². The number of imide groups is 1. The lowest BCUT2D eigenvalue weighted by Crippen LogP contribution is -2.45. The van der Waals surface area contributed by atoms with Crippen molar-refractivity contribution in [3.05, 3.63) is 94.2 Å². The van der Waals surface area contributed by atoms with Gasteiger partial charge in [0.15, 0.2) is 0 Å². The lowest BCUT2D eigenvalue weighted by atomic mass is 10.1. The number of carbonyl (C=O) groups excluding carboxylic acids is 3. The standard InChI is InChI=1S/C25H20BrFN2O4/c1-33-21-12-4-17(5-13-21)24(31)28(15-16-2-8-19(27)9-3-16)22-14-23(30)29(25(22)32)20-10-6-18(26)7-11-20/h2-13,22H,14-15H2,1H3. The van der Waals surface area contributed by atoms with Crippen molar-refractivity contribution in [2.45, 2.75) is 19.0 Å². The maximum Gasteiger partial charge on any atom is 0.257 e. The van der Waals surface area contributed by atoms with E-state index in [1.807, 2.05) is 0 Å². The van der Waals surface area contributed by atoms with Crippen LogP contribution in [0.5, 0.6) is 5.75 Å². The maximum atomic E-state index is 13.5. The van der Waals surface area contributed by atoms with E-state index in [1.165, 1.54) is 24.1 Å². The van der Waals surface area contributed by atoms with E-state index >= 15 is 0 Å². The third-order valence-corrected chi connectivity index (χ3v) is 5.98. The molecule has 8 heteroatoms. The summed E-state index contributed by atoms with van der Waals surface area (Å²) in [5.41, 5.74) is 1.43. The Kier molecular flexibility index (Phi) is 6.55. The lowest BCUT2D eigenvalue weighted by molar-refractivity contribution is -0.122. The van der Waals surface area contributed by atoms with Crippen molar-refractivity contribution in [1.29, 1.82) is 0 Å². The molecule has 3 aromatic rings. The van der Waals surface area contributed by atoms with E-state index in [-0.39, 0.29) is 18.9 Å². The predicted molar refractivity (Wildman–Crippen MR) is 124 cm³/mol. The topological polar surface area (TPSA) is 66.9 Å². The van der Waals surface area contributed by atoms with Crippen molar-refractivity contribution >= 4 is 39.3 Å². The third kappa shape index (κ3) is 4.80. The molecule has 3 amide bonds. The van der Waals surface area contributed by atoms with Crippen LogP contribution in [0.2, 0.25) is 0 Å². The molecule has 33 heavy (non-hydrogen) atoms. The number of carbonyl (C=O) groups is 3. The number of amides is 3. The van der Waals surface area contributed by atoms with Crippen LogP contribution >= 0.6 is 15.9 Å². The summed E-state index contributed by atoms with van der Waals surface area (Å²) in [6.07, 6.45) is -0.141. The van der Waals surface area contributed by atoms with Gasteiger partial charge in [-0.15, -0.1) is 0 Å². The van der Waals surface area contributed by atoms with Crippen molar-refractivity contribution in [3.8, 4) is 5.75 Å². The SMILES string of the molecule is COc1ccc(C(=O)N(Cc2ccc(F)cc2)C2CC(=O)N(c3ccc(Br)cc3)C2=O)cc1. The Morgan fingerprint density at radius 3 is 2.27 bits per heavy atom. The molecule has 1 aliphatic heterocycles. The summed E-state index contributed by atoms with van der Waals surface area (Å²) >= 11 is 3.34. The molecule has 0 aliphatic carbocycles. The van der Waals surface area contributed by atoms with Crippen LogP contribution in [0.4, 0.5) is 10.1 Å². The van der Waals surface area contributed by atoms with E-state index in [0.717, 1.165) is 9.37 Å². The number of methoxy groups -OCH3 is 1. The first-order valence-corrected chi connectivity index (χ1v) is 11.0. The molecule has 0 N–H and O–H groups in total. The number of benzene rings is 3. The average Bonchev–Trinajstić information content (AvgIpc) is 3.12. The van der Waals surface area contributed by atoms with Crippen LogP contribution in [0.25, 0.3) is 0 Å². The minimum atomic E-state index is -0.985.